The predicted molar refractivity (Wildman–Crippen MR) is 79.0 cm³/mol. The Morgan fingerprint density at radius 1 is 1.26 bits per heavy atom. The number of rotatable bonds is 5. The second-order valence-electron chi connectivity index (χ2n) is 4.09. The average Bonchev–Trinajstić information content (AvgIpc) is 2.92. The second-order valence-corrected chi connectivity index (χ2v) is 5.07. The van der Waals surface area contributed by atoms with E-state index in [-0.39, 0.29) is 16.7 Å². The molecule has 1 unspecified atom stereocenters. The number of hydrogen-bond donors (Lipinski definition) is 2. The largest absolute Gasteiger partial charge is 0.382 e. The molecule has 0 spiro atoms. The Labute approximate surface area is 115 Å². The van der Waals surface area contributed by atoms with Gasteiger partial charge in [0.05, 0.1) is 11.0 Å². The molecule has 0 saturated carbocycles. The van der Waals surface area contributed by atoms with Gasteiger partial charge in [-0.1, -0.05) is 12.1 Å². The lowest BCUT2D eigenvalue weighted by Gasteiger charge is -2.15. The van der Waals surface area contributed by atoms with E-state index < -0.39 is 0 Å². The van der Waals surface area contributed by atoms with Crippen LogP contribution in [0.4, 0.5) is 17.1 Å². The molecule has 6 heteroatoms. The Kier molecular flexibility index (Phi) is 4.01. The van der Waals surface area contributed by atoms with Crippen LogP contribution in [-0.2, 0) is 0 Å². The molecule has 0 fully saturated rings. The average molecular weight is 277 g/mol. The summed E-state index contributed by atoms with van der Waals surface area (Å²) >= 11 is 1.63. The molecule has 100 valence electrons. The highest BCUT2D eigenvalue weighted by molar-refractivity contribution is 7.10. The van der Waals surface area contributed by atoms with Crippen LogP contribution in [0, 0.1) is 10.1 Å². The van der Waals surface area contributed by atoms with Crippen molar-refractivity contribution in [3.8, 4) is 0 Å². The smallest absolute Gasteiger partial charge is 0.315 e. The number of nitro benzene ring substituents is 1. The van der Waals surface area contributed by atoms with E-state index in [1.165, 1.54) is 0 Å². The molecule has 2 N–H and O–H groups in total. The zero-order valence-electron chi connectivity index (χ0n) is 10.7. The van der Waals surface area contributed by atoms with E-state index in [1.54, 1.807) is 36.6 Å². The van der Waals surface area contributed by atoms with Crippen LogP contribution in [0.15, 0.2) is 35.7 Å². The highest BCUT2D eigenvalue weighted by Crippen LogP contribution is 2.35. The summed E-state index contributed by atoms with van der Waals surface area (Å²) in [5, 5.41) is 19.2. The number of nitrogens with zero attached hydrogens (tertiary/aromatic N) is 1. The zero-order chi connectivity index (χ0) is 13.8. The van der Waals surface area contributed by atoms with Crippen LogP contribution < -0.4 is 10.6 Å². The third kappa shape index (κ3) is 2.85. The quantitative estimate of drug-likeness (QED) is 0.643. The third-order valence-corrected chi connectivity index (χ3v) is 3.88. The topological polar surface area (TPSA) is 67.2 Å². The van der Waals surface area contributed by atoms with E-state index in [4.69, 9.17) is 0 Å². The molecule has 0 radical (unpaired) electrons. The van der Waals surface area contributed by atoms with E-state index in [0.717, 1.165) is 4.88 Å². The first-order valence-corrected chi connectivity index (χ1v) is 6.76. The number of thiophene rings is 1. The van der Waals surface area contributed by atoms with Crippen molar-refractivity contribution >= 4 is 28.4 Å². The number of benzene rings is 1. The lowest BCUT2D eigenvalue weighted by molar-refractivity contribution is -0.383. The Balaban J connectivity index is 2.32. The normalized spacial score (nSPS) is 11.9. The first kappa shape index (κ1) is 13.4. The monoisotopic (exact) mass is 277 g/mol. The summed E-state index contributed by atoms with van der Waals surface area (Å²) in [5.41, 5.74) is 1.11. The second kappa shape index (κ2) is 5.71. The SMILES string of the molecule is CNc1cccc(NC(C)c2cccs2)c1[N+](=O)[O-]. The van der Waals surface area contributed by atoms with Gasteiger partial charge in [0.15, 0.2) is 0 Å². The highest BCUT2D eigenvalue weighted by Gasteiger charge is 2.20. The van der Waals surface area contributed by atoms with Gasteiger partial charge in [-0.2, -0.15) is 0 Å². The first-order valence-electron chi connectivity index (χ1n) is 5.88. The molecule has 1 aromatic carbocycles. The van der Waals surface area contributed by atoms with Crippen molar-refractivity contribution < 1.29 is 4.92 Å². The van der Waals surface area contributed by atoms with Gasteiger partial charge >= 0.3 is 5.69 Å². The maximum absolute atomic E-state index is 11.2. The Hall–Kier alpha value is -2.08. The highest BCUT2D eigenvalue weighted by atomic mass is 32.1. The van der Waals surface area contributed by atoms with E-state index in [2.05, 4.69) is 10.6 Å². The Morgan fingerprint density at radius 2 is 2.00 bits per heavy atom. The van der Waals surface area contributed by atoms with Crippen LogP contribution in [0.5, 0.6) is 0 Å². The fourth-order valence-electron chi connectivity index (χ4n) is 1.90. The Morgan fingerprint density at radius 3 is 2.58 bits per heavy atom. The Bertz CT molecular complexity index is 569. The van der Waals surface area contributed by atoms with Gasteiger partial charge in [-0.15, -0.1) is 11.3 Å². The molecule has 2 rings (SSSR count). The summed E-state index contributed by atoms with van der Waals surface area (Å²) in [4.78, 5) is 12.0. The maximum atomic E-state index is 11.2. The van der Waals surface area contributed by atoms with Gasteiger partial charge in [0.25, 0.3) is 0 Å². The summed E-state index contributed by atoms with van der Waals surface area (Å²) in [6.45, 7) is 1.99. The molecule has 0 bridgehead atoms. The van der Waals surface area contributed by atoms with Gasteiger partial charge < -0.3 is 10.6 Å². The van der Waals surface area contributed by atoms with Crippen LogP contribution >= 0.6 is 11.3 Å². The molecule has 19 heavy (non-hydrogen) atoms. The summed E-state index contributed by atoms with van der Waals surface area (Å²) < 4.78 is 0. The molecule has 1 aromatic heterocycles. The number of nitro groups is 1. The molecular weight excluding hydrogens is 262 g/mol. The van der Waals surface area contributed by atoms with Crippen molar-refractivity contribution in [1.82, 2.24) is 0 Å². The molecule has 5 nitrogen and oxygen atoms in total. The standard InChI is InChI=1S/C13H15N3O2S/c1-9(12-7-4-8-19-12)15-11-6-3-5-10(14-2)13(11)16(17)18/h3-9,14-15H,1-2H3. The van der Waals surface area contributed by atoms with Crippen molar-refractivity contribution in [2.75, 3.05) is 17.7 Å². The summed E-state index contributed by atoms with van der Waals surface area (Å²) in [5.74, 6) is 0. The van der Waals surface area contributed by atoms with Gasteiger partial charge in [-0.3, -0.25) is 10.1 Å². The lowest BCUT2D eigenvalue weighted by Crippen LogP contribution is -2.08. The van der Waals surface area contributed by atoms with Crippen molar-refractivity contribution in [1.29, 1.82) is 0 Å². The zero-order valence-corrected chi connectivity index (χ0v) is 11.5. The number of hydrogen-bond acceptors (Lipinski definition) is 5. The molecule has 0 aliphatic rings. The molecule has 0 aliphatic carbocycles. The van der Waals surface area contributed by atoms with Gasteiger partial charge in [-0.05, 0) is 30.5 Å². The molecule has 0 saturated heterocycles. The van der Waals surface area contributed by atoms with Crippen LogP contribution in [-0.4, -0.2) is 12.0 Å². The van der Waals surface area contributed by atoms with Gasteiger partial charge in [0, 0.05) is 11.9 Å². The van der Waals surface area contributed by atoms with E-state index >= 15 is 0 Å². The fourth-order valence-corrected chi connectivity index (χ4v) is 2.63. The summed E-state index contributed by atoms with van der Waals surface area (Å²) in [6.07, 6.45) is 0. The first-order chi connectivity index (χ1) is 9.13. The maximum Gasteiger partial charge on any atom is 0.315 e. The minimum atomic E-state index is -0.366. The van der Waals surface area contributed by atoms with E-state index in [0.29, 0.717) is 11.4 Å². The fraction of sp³-hybridized carbons (Fsp3) is 0.231. The van der Waals surface area contributed by atoms with Crippen molar-refractivity contribution in [2.45, 2.75) is 13.0 Å². The number of para-hydroxylation sites is 1. The minimum Gasteiger partial charge on any atom is -0.382 e. The minimum absolute atomic E-state index is 0.0332. The summed E-state index contributed by atoms with van der Waals surface area (Å²) in [7, 11) is 1.68. The van der Waals surface area contributed by atoms with Crippen molar-refractivity contribution in [2.24, 2.45) is 0 Å². The third-order valence-electron chi connectivity index (χ3n) is 2.83. The van der Waals surface area contributed by atoms with Gasteiger partial charge in [0.2, 0.25) is 0 Å². The number of nitrogens with one attached hydrogen (secondary N) is 2. The van der Waals surface area contributed by atoms with Crippen LogP contribution in [0.1, 0.15) is 17.8 Å². The van der Waals surface area contributed by atoms with E-state index in [9.17, 15) is 10.1 Å². The molecular formula is C13H15N3O2S. The predicted octanol–water partition coefficient (Wildman–Crippen LogP) is 3.87. The molecule has 1 heterocycles. The van der Waals surface area contributed by atoms with Crippen molar-refractivity contribution in [3.05, 3.63) is 50.7 Å². The van der Waals surface area contributed by atoms with Crippen LogP contribution in [0.2, 0.25) is 0 Å². The molecule has 0 amide bonds. The molecule has 2 aromatic rings. The molecule has 1 atom stereocenters. The number of anilines is 2. The van der Waals surface area contributed by atoms with Gasteiger partial charge in [0.1, 0.15) is 11.4 Å². The summed E-state index contributed by atoms with van der Waals surface area (Å²) in [6, 6.07) is 9.22. The van der Waals surface area contributed by atoms with Crippen molar-refractivity contribution in [3.63, 3.8) is 0 Å². The lowest BCUT2D eigenvalue weighted by atomic mass is 10.2. The molecule has 0 aliphatic heterocycles. The van der Waals surface area contributed by atoms with Crippen LogP contribution in [0.3, 0.4) is 0 Å². The van der Waals surface area contributed by atoms with Gasteiger partial charge in [-0.25, -0.2) is 0 Å². The van der Waals surface area contributed by atoms with Crippen LogP contribution in [0.25, 0.3) is 0 Å². The van der Waals surface area contributed by atoms with E-state index in [1.807, 2.05) is 24.4 Å².